The standard InChI is InChI=1S/C10H17F3N2O2/c1-2-14-7-4-3-5-15(9(7)17)6-8(16)10(11,12)13/h7-8,14,16H,2-6H2,1H3. The van der Waals surface area contributed by atoms with E-state index in [4.69, 9.17) is 5.11 Å². The monoisotopic (exact) mass is 254 g/mol. The molecule has 0 aromatic heterocycles. The molecular formula is C10H17F3N2O2. The largest absolute Gasteiger partial charge is 0.416 e. The molecule has 0 bridgehead atoms. The van der Waals surface area contributed by atoms with Gasteiger partial charge in [-0.1, -0.05) is 6.92 Å². The maximum absolute atomic E-state index is 12.2. The maximum Gasteiger partial charge on any atom is 0.416 e. The minimum Gasteiger partial charge on any atom is -0.382 e. The van der Waals surface area contributed by atoms with Crippen molar-refractivity contribution in [3.05, 3.63) is 0 Å². The fourth-order valence-electron chi connectivity index (χ4n) is 1.87. The van der Waals surface area contributed by atoms with Crippen LogP contribution in [0.1, 0.15) is 19.8 Å². The van der Waals surface area contributed by atoms with E-state index in [1.165, 1.54) is 0 Å². The predicted octanol–water partition coefficient (Wildman–Crippen LogP) is 0.510. The minimum atomic E-state index is -4.68. The van der Waals surface area contributed by atoms with Crippen LogP contribution < -0.4 is 5.32 Å². The Kier molecular flexibility index (Phi) is 4.76. The van der Waals surface area contributed by atoms with Crippen LogP contribution in [0.15, 0.2) is 0 Å². The van der Waals surface area contributed by atoms with E-state index >= 15 is 0 Å². The molecule has 1 heterocycles. The number of likely N-dealkylation sites (N-methyl/N-ethyl adjacent to an activating group) is 1. The molecule has 4 nitrogen and oxygen atoms in total. The van der Waals surface area contributed by atoms with E-state index in [0.717, 1.165) is 4.90 Å². The van der Waals surface area contributed by atoms with Crippen molar-refractivity contribution in [3.63, 3.8) is 0 Å². The van der Waals surface area contributed by atoms with Crippen molar-refractivity contribution < 1.29 is 23.1 Å². The van der Waals surface area contributed by atoms with E-state index in [9.17, 15) is 18.0 Å². The number of nitrogens with zero attached hydrogens (tertiary/aromatic N) is 1. The molecule has 1 rings (SSSR count). The van der Waals surface area contributed by atoms with Crippen molar-refractivity contribution in [2.75, 3.05) is 19.6 Å². The molecule has 0 saturated carbocycles. The molecule has 100 valence electrons. The molecule has 1 fully saturated rings. The highest BCUT2D eigenvalue weighted by atomic mass is 19.4. The molecule has 0 aromatic carbocycles. The van der Waals surface area contributed by atoms with Gasteiger partial charge in [-0.05, 0) is 19.4 Å². The first-order chi connectivity index (χ1) is 7.86. The van der Waals surface area contributed by atoms with Crippen LogP contribution in [0.4, 0.5) is 13.2 Å². The van der Waals surface area contributed by atoms with Crippen molar-refractivity contribution in [3.8, 4) is 0 Å². The van der Waals surface area contributed by atoms with Gasteiger partial charge in [0.15, 0.2) is 6.10 Å². The zero-order chi connectivity index (χ0) is 13.1. The normalized spacial score (nSPS) is 23.9. The Morgan fingerprint density at radius 2 is 2.24 bits per heavy atom. The first kappa shape index (κ1) is 14.2. The van der Waals surface area contributed by atoms with Gasteiger partial charge >= 0.3 is 6.18 Å². The molecule has 2 N–H and O–H groups in total. The average molecular weight is 254 g/mol. The van der Waals surface area contributed by atoms with Gasteiger partial charge in [0.2, 0.25) is 5.91 Å². The van der Waals surface area contributed by atoms with Crippen molar-refractivity contribution in [2.24, 2.45) is 0 Å². The van der Waals surface area contributed by atoms with Crippen molar-refractivity contribution >= 4 is 5.91 Å². The lowest BCUT2D eigenvalue weighted by atomic mass is 10.0. The van der Waals surface area contributed by atoms with Crippen LogP contribution in [0.3, 0.4) is 0 Å². The molecule has 1 saturated heterocycles. The first-order valence-corrected chi connectivity index (χ1v) is 5.63. The smallest absolute Gasteiger partial charge is 0.382 e. The number of aliphatic hydroxyl groups is 1. The number of alkyl halides is 3. The molecule has 0 radical (unpaired) electrons. The van der Waals surface area contributed by atoms with Crippen LogP contribution in [0.25, 0.3) is 0 Å². The molecular weight excluding hydrogens is 237 g/mol. The number of likely N-dealkylation sites (tertiary alicyclic amines) is 1. The fraction of sp³-hybridized carbons (Fsp3) is 0.900. The Bertz CT molecular complexity index is 269. The number of hydrogen-bond acceptors (Lipinski definition) is 3. The Morgan fingerprint density at radius 3 is 2.76 bits per heavy atom. The van der Waals surface area contributed by atoms with E-state index in [-0.39, 0.29) is 12.5 Å². The Hall–Kier alpha value is -0.820. The summed E-state index contributed by atoms with van der Waals surface area (Å²) in [5, 5.41) is 11.9. The van der Waals surface area contributed by atoms with Crippen molar-refractivity contribution in [1.82, 2.24) is 10.2 Å². The predicted molar refractivity (Wildman–Crippen MR) is 55.3 cm³/mol. The number of halogens is 3. The summed E-state index contributed by atoms with van der Waals surface area (Å²) in [5.74, 6) is -0.360. The van der Waals surface area contributed by atoms with Gasteiger partial charge in [0.05, 0.1) is 12.6 Å². The number of carbonyl (C=O) groups excluding carboxylic acids is 1. The summed E-state index contributed by atoms with van der Waals surface area (Å²) in [4.78, 5) is 12.8. The summed E-state index contributed by atoms with van der Waals surface area (Å²) in [7, 11) is 0. The number of rotatable bonds is 4. The second-order valence-corrected chi connectivity index (χ2v) is 4.09. The van der Waals surface area contributed by atoms with Gasteiger partial charge in [-0.3, -0.25) is 4.79 Å². The fourth-order valence-corrected chi connectivity index (χ4v) is 1.87. The number of nitrogens with one attached hydrogen (secondary N) is 1. The average Bonchev–Trinajstić information content (AvgIpc) is 2.22. The van der Waals surface area contributed by atoms with Crippen LogP contribution in [0.2, 0.25) is 0 Å². The SMILES string of the molecule is CCNC1CCCN(CC(O)C(F)(F)F)C1=O. The summed E-state index contributed by atoms with van der Waals surface area (Å²) in [6.07, 6.45) is -5.86. The van der Waals surface area contributed by atoms with Crippen molar-refractivity contribution in [2.45, 2.75) is 38.1 Å². The highest BCUT2D eigenvalue weighted by Crippen LogP contribution is 2.22. The third kappa shape index (κ3) is 3.85. The molecule has 1 aliphatic rings. The lowest BCUT2D eigenvalue weighted by molar-refractivity contribution is -0.209. The van der Waals surface area contributed by atoms with Crippen LogP contribution in [-0.4, -0.2) is 53.9 Å². The Balaban J connectivity index is 2.56. The van der Waals surface area contributed by atoms with Crippen LogP contribution in [0.5, 0.6) is 0 Å². The van der Waals surface area contributed by atoms with E-state index in [1.54, 1.807) is 0 Å². The third-order valence-corrected chi connectivity index (χ3v) is 2.75. The van der Waals surface area contributed by atoms with Crippen molar-refractivity contribution in [1.29, 1.82) is 0 Å². The summed E-state index contributed by atoms with van der Waals surface area (Å²) in [5.41, 5.74) is 0. The molecule has 7 heteroatoms. The number of hydrogen-bond donors (Lipinski definition) is 2. The molecule has 2 atom stereocenters. The maximum atomic E-state index is 12.2. The van der Waals surface area contributed by atoms with Gasteiger partial charge in [-0.2, -0.15) is 13.2 Å². The molecule has 1 amide bonds. The van der Waals surface area contributed by atoms with Gasteiger partial charge in [-0.25, -0.2) is 0 Å². The molecule has 2 unspecified atom stereocenters. The van der Waals surface area contributed by atoms with E-state index in [1.807, 2.05) is 6.92 Å². The summed E-state index contributed by atoms with van der Waals surface area (Å²) >= 11 is 0. The van der Waals surface area contributed by atoms with Gasteiger partial charge in [-0.15, -0.1) is 0 Å². The number of amides is 1. The summed E-state index contributed by atoms with van der Waals surface area (Å²) in [6.45, 7) is 2.01. The second-order valence-electron chi connectivity index (χ2n) is 4.09. The van der Waals surface area contributed by atoms with E-state index in [2.05, 4.69) is 5.32 Å². The summed E-state index contributed by atoms with van der Waals surface area (Å²) in [6, 6.07) is -0.422. The number of carbonyl (C=O) groups is 1. The van der Waals surface area contributed by atoms with Crippen LogP contribution >= 0.6 is 0 Å². The Morgan fingerprint density at radius 1 is 1.59 bits per heavy atom. The molecule has 0 aliphatic carbocycles. The molecule has 0 aromatic rings. The third-order valence-electron chi connectivity index (χ3n) is 2.75. The molecule has 0 spiro atoms. The zero-order valence-electron chi connectivity index (χ0n) is 9.63. The topological polar surface area (TPSA) is 52.6 Å². The highest BCUT2D eigenvalue weighted by Gasteiger charge is 2.41. The van der Waals surface area contributed by atoms with Gasteiger partial charge < -0.3 is 15.3 Å². The van der Waals surface area contributed by atoms with E-state index < -0.39 is 24.9 Å². The first-order valence-electron chi connectivity index (χ1n) is 5.63. The second kappa shape index (κ2) is 5.68. The minimum absolute atomic E-state index is 0.272. The Labute approximate surface area is 97.8 Å². The number of piperidine rings is 1. The number of aliphatic hydroxyl groups excluding tert-OH is 1. The lowest BCUT2D eigenvalue weighted by Crippen LogP contribution is -2.54. The summed E-state index contributed by atoms with van der Waals surface area (Å²) < 4.78 is 36.5. The molecule has 1 aliphatic heterocycles. The lowest BCUT2D eigenvalue weighted by Gasteiger charge is -2.34. The van der Waals surface area contributed by atoms with Gasteiger partial charge in [0.1, 0.15) is 0 Å². The zero-order valence-corrected chi connectivity index (χ0v) is 9.63. The van der Waals surface area contributed by atoms with Gasteiger partial charge in [0, 0.05) is 6.54 Å². The van der Waals surface area contributed by atoms with Crippen LogP contribution in [0, 0.1) is 0 Å². The van der Waals surface area contributed by atoms with E-state index in [0.29, 0.717) is 19.4 Å². The quantitative estimate of drug-likeness (QED) is 0.768. The van der Waals surface area contributed by atoms with Gasteiger partial charge in [0.25, 0.3) is 0 Å². The molecule has 17 heavy (non-hydrogen) atoms. The number of β-amino-alcohol motifs (C(OH)–C–C–N with tert-alkyl or cyclic N) is 1. The van der Waals surface area contributed by atoms with Crippen LogP contribution in [-0.2, 0) is 4.79 Å². The highest BCUT2D eigenvalue weighted by molar-refractivity contribution is 5.82.